The molecule has 0 saturated carbocycles. The first-order chi connectivity index (χ1) is 8.39. The van der Waals surface area contributed by atoms with Crippen molar-refractivity contribution < 1.29 is 13.7 Å². The van der Waals surface area contributed by atoms with Crippen LogP contribution in [-0.4, -0.2) is 23.9 Å². The number of rotatable bonds is 5. The molecule has 6 nitrogen and oxygen atoms in total. The minimum Gasteiger partial charge on any atom is -0.373 e. The largest absolute Gasteiger partial charge is 0.373 e. The van der Waals surface area contributed by atoms with Crippen molar-refractivity contribution in [1.82, 2.24) is 0 Å². The van der Waals surface area contributed by atoms with Gasteiger partial charge in [0.25, 0.3) is 11.6 Å². The number of hydrogen-bond donors (Lipinski definition) is 2. The number of hydrogen-bond acceptors (Lipinski definition) is 5. The molecular formula is C10H10F2N4O2. The Kier molecular flexibility index (Phi) is 4.12. The minimum atomic E-state index is -3.17. The Morgan fingerprint density at radius 1 is 1.56 bits per heavy atom. The van der Waals surface area contributed by atoms with Crippen molar-refractivity contribution in [2.24, 2.45) is 5.73 Å². The molecular weight excluding hydrogens is 246 g/mol. The third kappa shape index (κ3) is 3.36. The fraction of sp³-hybridized carbons (Fsp3) is 0.300. The van der Waals surface area contributed by atoms with Crippen LogP contribution in [-0.2, 0) is 0 Å². The monoisotopic (exact) mass is 256 g/mol. The van der Waals surface area contributed by atoms with Gasteiger partial charge in [0.1, 0.15) is 5.69 Å². The van der Waals surface area contributed by atoms with E-state index < -0.39 is 23.9 Å². The zero-order valence-electron chi connectivity index (χ0n) is 9.19. The van der Waals surface area contributed by atoms with E-state index in [4.69, 9.17) is 11.0 Å². The summed E-state index contributed by atoms with van der Waals surface area (Å²) in [5.41, 5.74) is 4.48. The van der Waals surface area contributed by atoms with Gasteiger partial charge in [-0.2, -0.15) is 5.26 Å². The molecule has 1 aromatic carbocycles. The summed E-state index contributed by atoms with van der Waals surface area (Å²) in [6.07, 6.45) is 0. The Labute approximate surface area is 101 Å². The highest BCUT2D eigenvalue weighted by molar-refractivity contribution is 5.64. The molecule has 96 valence electrons. The second-order valence-corrected chi connectivity index (χ2v) is 3.51. The molecule has 0 heterocycles. The predicted octanol–water partition coefficient (Wildman–Crippen LogP) is 1.47. The summed E-state index contributed by atoms with van der Waals surface area (Å²) in [7, 11) is 0. The minimum absolute atomic E-state index is 0.132. The Bertz CT molecular complexity index is 499. The van der Waals surface area contributed by atoms with Gasteiger partial charge in [-0.15, -0.1) is 0 Å². The van der Waals surface area contributed by atoms with Gasteiger partial charge in [0, 0.05) is 6.07 Å². The highest BCUT2D eigenvalue weighted by atomic mass is 19.3. The van der Waals surface area contributed by atoms with E-state index in [-0.39, 0.29) is 16.9 Å². The maximum Gasteiger partial charge on any atom is 0.292 e. The average Bonchev–Trinajstić information content (AvgIpc) is 2.36. The van der Waals surface area contributed by atoms with Gasteiger partial charge in [0.15, 0.2) is 0 Å². The Morgan fingerprint density at radius 3 is 2.72 bits per heavy atom. The molecule has 0 atom stereocenters. The Balaban J connectivity index is 2.99. The zero-order chi connectivity index (χ0) is 13.8. The van der Waals surface area contributed by atoms with Gasteiger partial charge in [0.05, 0.1) is 29.6 Å². The van der Waals surface area contributed by atoms with Gasteiger partial charge in [-0.25, -0.2) is 8.78 Å². The van der Waals surface area contributed by atoms with Gasteiger partial charge in [-0.1, -0.05) is 0 Å². The molecule has 0 aliphatic carbocycles. The summed E-state index contributed by atoms with van der Waals surface area (Å²) in [5, 5.41) is 21.6. The van der Waals surface area contributed by atoms with Gasteiger partial charge in [-0.05, 0) is 12.1 Å². The van der Waals surface area contributed by atoms with Crippen LogP contribution in [0.3, 0.4) is 0 Å². The summed E-state index contributed by atoms with van der Waals surface area (Å²) in [6, 6.07) is 5.24. The van der Waals surface area contributed by atoms with Crippen LogP contribution in [0.25, 0.3) is 0 Å². The Hall–Kier alpha value is -2.27. The molecule has 0 radical (unpaired) electrons. The lowest BCUT2D eigenvalue weighted by atomic mass is 10.2. The van der Waals surface area contributed by atoms with E-state index in [2.05, 4.69) is 5.32 Å². The van der Waals surface area contributed by atoms with Crippen molar-refractivity contribution in [3.8, 4) is 6.07 Å². The number of benzene rings is 1. The SMILES string of the molecule is N#Cc1ccc([N+](=O)[O-])c(NCC(F)(F)CN)c1. The number of nitrogens with one attached hydrogen (secondary N) is 1. The highest BCUT2D eigenvalue weighted by Gasteiger charge is 2.27. The first-order valence-electron chi connectivity index (χ1n) is 4.90. The highest BCUT2D eigenvalue weighted by Crippen LogP contribution is 2.26. The molecule has 3 N–H and O–H groups in total. The van der Waals surface area contributed by atoms with Crippen LogP contribution >= 0.6 is 0 Å². The zero-order valence-corrected chi connectivity index (χ0v) is 9.19. The standard InChI is InChI=1S/C10H10F2N4O2/c11-10(12,5-14)6-15-8-3-7(4-13)1-2-9(8)16(17)18/h1-3,15H,5-6,14H2. The number of nitro groups is 1. The molecule has 0 aliphatic rings. The fourth-order valence-electron chi connectivity index (χ4n) is 1.20. The van der Waals surface area contributed by atoms with Gasteiger partial charge in [-0.3, -0.25) is 10.1 Å². The third-order valence-electron chi connectivity index (χ3n) is 2.16. The first-order valence-corrected chi connectivity index (χ1v) is 4.90. The molecule has 8 heteroatoms. The van der Waals surface area contributed by atoms with Crippen LogP contribution in [0.1, 0.15) is 5.56 Å². The molecule has 1 rings (SSSR count). The number of nitrogens with two attached hydrogens (primary N) is 1. The molecule has 0 aromatic heterocycles. The number of anilines is 1. The van der Waals surface area contributed by atoms with E-state index in [9.17, 15) is 18.9 Å². The molecule has 0 fully saturated rings. The van der Waals surface area contributed by atoms with Crippen molar-refractivity contribution in [2.75, 3.05) is 18.4 Å². The van der Waals surface area contributed by atoms with Crippen molar-refractivity contribution >= 4 is 11.4 Å². The maximum atomic E-state index is 12.9. The summed E-state index contributed by atoms with van der Waals surface area (Å²) >= 11 is 0. The van der Waals surface area contributed by atoms with Gasteiger partial charge in [0.2, 0.25) is 0 Å². The predicted molar refractivity (Wildman–Crippen MR) is 60.3 cm³/mol. The number of nitriles is 1. The quantitative estimate of drug-likeness (QED) is 0.613. The Morgan fingerprint density at radius 2 is 2.22 bits per heavy atom. The smallest absolute Gasteiger partial charge is 0.292 e. The van der Waals surface area contributed by atoms with E-state index in [1.165, 1.54) is 6.07 Å². The summed E-state index contributed by atoms with van der Waals surface area (Å²) < 4.78 is 25.9. The van der Waals surface area contributed by atoms with Crippen molar-refractivity contribution in [3.63, 3.8) is 0 Å². The van der Waals surface area contributed by atoms with Crippen LogP contribution in [0.5, 0.6) is 0 Å². The van der Waals surface area contributed by atoms with E-state index in [1.54, 1.807) is 6.07 Å². The van der Waals surface area contributed by atoms with E-state index >= 15 is 0 Å². The molecule has 0 spiro atoms. The first kappa shape index (κ1) is 13.8. The average molecular weight is 256 g/mol. The summed E-state index contributed by atoms with van der Waals surface area (Å²) in [4.78, 5) is 9.97. The number of halogens is 2. The van der Waals surface area contributed by atoms with Gasteiger partial charge < -0.3 is 11.1 Å². The van der Waals surface area contributed by atoms with Crippen LogP contribution in [0, 0.1) is 21.4 Å². The molecule has 0 saturated heterocycles. The topological polar surface area (TPSA) is 105 Å². The van der Waals surface area contributed by atoms with Gasteiger partial charge >= 0.3 is 0 Å². The van der Waals surface area contributed by atoms with Crippen LogP contribution in [0.4, 0.5) is 20.2 Å². The molecule has 0 aliphatic heterocycles. The fourth-order valence-corrected chi connectivity index (χ4v) is 1.20. The molecule has 0 unspecified atom stereocenters. The third-order valence-corrected chi connectivity index (χ3v) is 2.16. The normalized spacial score (nSPS) is 10.8. The van der Waals surface area contributed by atoms with E-state index in [0.717, 1.165) is 12.1 Å². The van der Waals surface area contributed by atoms with E-state index in [0.29, 0.717) is 0 Å². The van der Waals surface area contributed by atoms with Crippen LogP contribution in [0.15, 0.2) is 18.2 Å². The number of nitro benzene ring substituents is 1. The maximum absolute atomic E-state index is 12.9. The lowest BCUT2D eigenvalue weighted by Gasteiger charge is -2.15. The second-order valence-electron chi connectivity index (χ2n) is 3.51. The second kappa shape index (κ2) is 5.37. The molecule has 1 aromatic rings. The van der Waals surface area contributed by atoms with E-state index in [1.807, 2.05) is 0 Å². The lowest BCUT2D eigenvalue weighted by molar-refractivity contribution is -0.384. The van der Waals surface area contributed by atoms with Crippen molar-refractivity contribution in [1.29, 1.82) is 5.26 Å². The van der Waals surface area contributed by atoms with Crippen LogP contribution < -0.4 is 11.1 Å². The summed E-state index contributed by atoms with van der Waals surface area (Å²) in [5.74, 6) is -3.17. The summed E-state index contributed by atoms with van der Waals surface area (Å²) in [6.45, 7) is -1.70. The lowest BCUT2D eigenvalue weighted by Crippen LogP contribution is -2.35. The number of nitrogens with zero attached hydrogens (tertiary/aromatic N) is 2. The molecule has 0 amide bonds. The van der Waals surface area contributed by atoms with Crippen molar-refractivity contribution in [2.45, 2.75) is 5.92 Å². The van der Waals surface area contributed by atoms with Crippen LogP contribution in [0.2, 0.25) is 0 Å². The molecule has 0 bridgehead atoms. The molecule has 18 heavy (non-hydrogen) atoms. The number of alkyl halides is 2. The van der Waals surface area contributed by atoms with Crippen molar-refractivity contribution in [3.05, 3.63) is 33.9 Å².